The number of nitrogens with zero attached hydrogens (tertiary/aromatic N) is 1. The van der Waals surface area contributed by atoms with E-state index in [1.807, 2.05) is 0 Å². The number of nitrogens with one attached hydrogen (secondary N) is 1. The number of hydrogen-bond donors (Lipinski definition) is 1. The fourth-order valence-electron chi connectivity index (χ4n) is 3.47. The maximum Gasteiger partial charge on any atom is 0.252 e. The van der Waals surface area contributed by atoms with Crippen LogP contribution in [-0.2, 0) is 26.4 Å². The van der Waals surface area contributed by atoms with Gasteiger partial charge < -0.3 is 5.32 Å². The summed E-state index contributed by atoms with van der Waals surface area (Å²) < 4.78 is 52.1. The number of sulfone groups is 1. The average Bonchev–Trinajstić information content (AvgIpc) is 2.78. The second-order valence-corrected chi connectivity index (χ2v) is 12.3. The van der Waals surface area contributed by atoms with Crippen molar-refractivity contribution in [1.29, 1.82) is 0 Å². The van der Waals surface area contributed by atoms with E-state index in [-0.39, 0.29) is 21.9 Å². The fraction of sp³-hybridized carbons (Fsp3) is 0.409. The second kappa shape index (κ2) is 9.50. The molecule has 0 aromatic heterocycles. The van der Waals surface area contributed by atoms with Gasteiger partial charge in [0.15, 0.2) is 9.84 Å². The lowest BCUT2D eigenvalue weighted by atomic mass is 10.2. The zero-order valence-corrected chi connectivity index (χ0v) is 19.4. The van der Waals surface area contributed by atoms with Crippen LogP contribution in [0.2, 0.25) is 0 Å². The van der Waals surface area contributed by atoms with E-state index in [0.717, 1.165) is 24.8 Å². The Labute approximate surface area is 184 Å². The van der Waals surface area contributed by atoms with Gasteiger partial charge in [-0.25, -0.2) is 16.8 Å². The molecule has 0 saturated carbocycles. The van der Waals surface area contributed by atoms with E-state index in [1.54, 1.807) is 50.2 Å². The van der Waals surface area contributed by atoms with Gasteiger partial charge in [0.25, 0.3) is 5.91 Å². The summed E-state index contributed by atoms with van der Waals surface area (Å²) in [5.41, 5.74) is 0.815. The molecule has 1 heterocycles. The first-order valence-electron chi connectivity index (χ1n) is 10.3. The van der Waals surface area contributed by atoms with E-state index in [2.05, 4.69) is 5.32 Å². The fourth-order valence-corrected chi connectivity index (χ4v) is 6.23. The summed E-state index contributed by atoms with van der Waals surface area (Å²) in [6.07, 6.45) is 2.79. The summed E-state index contributed by atoms with van der Waals surface area (Å²) in [4.78, 5) is 12.9. The molecule has 31 heavy (non-hydrogen) atoms. The normalized spacial score (nSPS) is 15.7. The Balaban J connectivity index is 1.71. The van der Waals surface area contributed by atoms with Crippen molar-refractivity contribution < 1.29 is 21.6 Å². The topological polar surface area (TPSA) is 101 Å². The van der Waals surface area contributed by atoms with Gasteiger partial charge in [0.1, 0.15) is 0 Å². The summed E-state index contributed by atoms with van der Waals surface area (Å²) in [5, 5.41) is 2.08. The van der Waals surface area contributed by atoms with Crippen molar-refractivity contribution >= 4 is 25.8 Å². The molecule has 0 unspecified atom stereocenters. The Morgan fingerprint density at radius 2 is 1.55 bits per heavy atom. The van der Waals surface area contributed by atoms with Crippen molar-refractivity contribution in [2.24, 2.45) is 0 Å². The van der Waals surface area contributed by atoms with Crippen LogP contribution in [0.4, 0.5) is 0 Å². The predicted molar refractivity (Wildman–Crippen MR) is 119 cm³/mol. The second-order valence-electron chi connectivity index (χ2n) is 7.88. The van der Waals surface area contributed by atoms with Crippen LogP contribution >= 0.6 is 0 Å². The van der Waals surface area contributed by atoms with E-state index in [1.165, 1.54) is 16.4 Å². The molecule has 1 N–H and O–H groups in total. The highest BCUT2D eigenvalue weighted by molar-refractivity contribution is 7.92. The summed E-state index contributed by atoms with van der Waals surface area (Å²) in [6.45, 7) is 4.38. The molecule has 1 aliphatic rings. The van der Waals surface area contributed by atoms with Gasteiger partial charge in [-0.1, -0.05) is 30.7 Å². The number of rotatable bonds is 7. The number of carbonyl (C=O) groups excluding carboxylic acids is 1. The van der Waals surface area contributed by atoms with Crippen LogP contribution in [0.3, 0.4) is 0 Å². The van der Waals surface area contributed by atoms with Crippen LogP contribution in [-0.4, -0.2) is 45.4 Å². The molecule has 7 nitrogen and oxygen atoms in total. The Morgan fingerprint density at radius 3 is 2.16 bits per heavy atom. The predicted octanol–water partition coefficient (Wildman–Crippen LogP) is 2.97. The van der Waals surface area contributed by atoms with Gasteiger partial charge in [-0.3, -0.25) is 4.79 Å². The molecule has 2 aromatic carbocycles. The van der Waals surface area contributed by atoms with Crippen molar-refractivity contribution in [3.05, 3.63) is 59.7 Å². The average molecular weight is 465 g/mol. The third kappa shape index (κ3) is 5.16. The van der Waals surface area contributed by atoms with Crippen LogP contribution in [0.15, 0.2) is 58.3 Å². The minimum Gasteiger partial charge on any atom is -0.348 e. The van der Waals surface area contributed by atoms with Crippen LogP contribution in [0, 0.1) is 0 Å². The number of amides is 1. The van der Waals surface area contributed by atoms with Crippen molar-refractivity contribution in [3.63, 3.8) is 0 Å². The molecule has 0 atom stereocenters. The number of hydrogen-bond acceptors (Lipinski definition) is 5. The third-order valence-corrected chi connectivity index (χ3v) is 9.51. The SMILES string of the molecule is CC(C)S(=O)(=O)c1ccccc1C(=O)NCc1ccc(S(=O)(=O)N2CCCCC2)cc1. The zero-order chi connectivity index (χ0) is 22.6. The molecule has 1 fully saturated rings. The number of carbonyl (C=O) groups is 1. The van der Waals surface area contributed by atoms with E-state index in [4.69, 9.17) is 0 Å². The maximum absolute atomic E-state index is 12.7. The van der Waals surface area contributed by atoms with Crippen LogP contribution in [0.1, 0.15) is 49.0 Å². The monoisotopic (exact) mass is 464 g/mol. The van der Waals surface area contributed by atoms with Gasteiger partial charge in [-0.2, -0.15) is 4.31 Å². The molecule has 9 heteroatoms. The molecule has 0 aliphatic carbocycles. The first kappa shape index (κ1) is 23.4. The highest BCUT2D eigenvalue weighted by Crippen LogP contribution is 2.22. The highest BCUT2D eigenvalue weighted by atomic mass is 32.2. The minimum absolute atomic E-state index is 0.00507. The molecule has 1 amide bonds. The third-order valence-electron chi connectivity index (χ3n) is 5.39. The van der Waals surface area contributed by atoms with Crippen LogP contribution in [0.25, 0.3) is 0 Å². The number of benzene rings is 2. The highest BCUT2D eigenvalue weighted by Gasteiger charge is 2.26. The van der Waals surface area contributed by atoms with Crippen LogP contribution < -0.4 is 5.32 Å². The Hall–Kier alpha value is -2.23. The molecular weight excluding hydrogens is 436 g/mol. The lowest BCUT2D eigenvalue weighted by Gasteiger charge is -2.25. The van der Waals surface area contributed by atoms with E-state index in [9.17, 15) is 21.6 Å². The van der Waals surface area contributed by atoms with E-state index >= 15 is 0 Å². The van der Waals surface area contributed by atoms with Crippen molar-refractivity contribution in [2.45, 2.75) is 54.7 Å². The molecular formula is C22H28N2O5S2. The number of sulfonamides is 1. The van der Waals surface area contributed by atoms with Crippen molar-refractivity contribution in [3.8, 4) is 0 Å². The molecule has 0 bridgehead atoms. The van der Waals surface area contributed by atoms with Gasteiger partial charge in [-0.05, 0) is 56.5 Å². The van der Waals surface area contributed by atoms with Gasteiger partial charge in [-0.15, -0.1) is 0 Å². The van der Waals surface area contributed by atoms with Gasteiger partial charge >= 0.3 is 0 Å². The first-order valence-corrected chi connectivity index (χ1v) is 13.3. The zero-order valence-electron chi connectivity index (χ0n) is 17.7. The quantitative estimate of drug-likeness (QED) is 0.679. The van der Waals surface area contributed by atoms with Crippen LogP contribution in [0.5, 0.6) is 0 Å². The summed E-state index contributed by atoms with van der Waals surface area (Å²) >= 11 is 0. The first-order chi connectivity index (χ1) is 14.6. The van der Waals surface area contributed by atoms with Crippen molar-refractivity contribution in [1.82, 2.24) is 9.62 Å². The maximum atomic E-state index is 12.7. The Bertz CT molecular complexity index is 1130. The molecule has 2 aromatic rings. The molecule has 3 rings (SSSR count). The Morgan fingerprint density at radius 1 is 0.935 bits per heavy atom. The molecule has 0 radical (unpaired) electrons. The van der Waals surface area contributed by atoms with Gasteiger partial charge in [0, 0.05) is 19.6 Å². The van der Waals surface area contributed by atoms with Crippen molar-refractivity contribution in [2.75, 3.05) is 13.1 Å². The molecule has 1 aliphatic heterocycles. The number of piperidine rings is 1. The largest absolute Gasteiger partial charge is 0.348 e. The standard InChI is InChI=1S/C22H28N2O5S2/c1-17(2)30(26,27)21-9-5-4-8-20(21)22(25)23-16-18-10-12-19(13-11-18)31(28,29)24-14-6-3-7-15-24/h4-5,8-13,17H,3,6-7,14-16H2,1-2H3,(H,23,25). The summed E-state index contributed by atoms with van der Waals surface area (Å²) in [6, 6.07) is 12.5. The van der Waals surface area contributed by atoms with Gasteiger partial charge in [0.05, 0.1) is 20.6 Å². The van der Waals surface area contributed by atoms with E-state index in [0.29, 0.717) is 13.1 Å². The van der Waals surface area contributed by atoms with E-state index < -0.39 is 31.0 Å². The smallest absolute Gasteiger partial charge is 0.252 e. The minimum atomic E-state index is -3.60. The molecule has 0 spiro atoms. The lowest BCUT2D eigenvalue weighted by Crippen LogP contribution is -2.35. The van der Waals surface area contributed by atoms with Gasteiger partial charge in [0.2, 0.25) is 10.0 Å². The summed E-state index contributed by atoms with van der Waals surface area (Å²) in [5.74, 6) is -0.496. The summed E-state index contributed by atoms with van der Waals surface area (Å²) in [7, 11) is -7.10. The molecule has 168 valence electrons. The lowest BCUT2D eigenvalue weighted by molar-refractivity contribution is 0.0947. The molecule has 1 saturated heterocycles. The Kier molecular flexibility index (Phi) is 7.18.